The number of aromatic nitrogens is 2. The van der Waals surface area contributed by atoms with Crippen LogP contribution in [0.25, 0.3) is 43.6 Å². The van der Waals surface area contributed by atoms with E-state index in [1.165, 1.54) is 6.26 Å². The summed E-state index contributed by atoms with van der Waals surface area (Å²) in [5.41, 5.74) is 2.82. The van der Waals surface area contributed by atoms with E-state index < -0.39 is 10.0 Å². The molecule has 0 radical (unpaired) electrons. The molecule has 0 spiro atoms. The van der Waals surface area contributed by atoms with E-state index in [1.807, 2.05) is 36.4 Å². The molecule has 5 aromatic rings. The first-order chi connectivity index (χ1) is 17.7. The molecule has 37 heavy (non-hydrogen) atoms. The van der Waals surface area contributed by atoms with Crippen LogP contribution in [0.1, 0.15) is 20.3 Å². The minimum atomic E-state index is -3.00. The maximum Gasteiger partial charge on any atom is 0.208 e. The van der Waals surface area contributed by atoms with Crippen molar-refractivity contribution in [2.45, 2.75) is 20.3 Å². The van der Waals surface area contributed by atoms with Crippen molar-refractivity contribution >= 4 is 53.6 Å². The van der Waals surface area contributed by atoms with Gasteiger partial charge in [0.1, 0.15) is 0 Å². The van der Waals surface area contributed by atoms with Crippen molar-refractivity contribution < 1.29 is 8.42 Å². The molecule has 5 rings (SSSR count). The van der Waals surface area contributed by atoms with Crippen LogP contribution >= 0.6 is 0 Å². The third-order valence-corrected chi connectivity index (χ3v) is 7.17. The molecular formula is C28H32N4O4S. The number of benzene rings is 3. The fraction of sp³-hybridized carbons (Fsp3) is 0.286. The Balaban J connectivity index is 0.000000212. The fourth-order valence-electron chi connectivity index (χ4n) is 4.44. The Bertz CT molecular complexity index is 1680. The molecule has 194 valence electrons. The zero-order valence-electron chi connectivity index (χ0n) is 21.3. The molecule has 2 heterocycles. The van der Waals surface area contributed by atoms with E-state index in [-0.39, 0.29) is 10.9 Å². The Morgan fingerprint density at radius 3 is 1.62 bits per heavy atom. The summed E-state index contributed by atoms with van der Waals surface area (Å²) in [6, 6.07) is 18.3. The lowest BCUT2D eigenvalue weighted by molar-refractivity contribution is 0.300. The van der Waals surface area contributed by atoms with Gasteiger partial charge in [0, 0.05) is 39.1 Å². The zero-order valence-corrected chi connectivity index (χ0v) is 22.1. The molecule has 0 atom stereocenters. The average Bonchev–Trinajstić information content (AvgIpc) is 2.88. The Hall–Kier alpha value is -3.53. The molecule has 0 bridgehead atoms. The standard InChI is InChI=1S/C20H12N2O2.C8H20N2O2S/c23-19-11-5-1-3-7-15(11)21-17-10-14-18(9-13(17)19)22-16-8-4-2-6-12(16)20(14)24;1-4-10(5-2)8-6-7-9-13(3,11)12/h1-10H,(H,21,23)(H,22,24);9H,4-8H2,1-3H3. The third kappa shape index (κ3) is 6.07. The first kappa shape index (κ1) is 26.5. The third-order valence-electron chi connectivity index (χ3n) is 6.44. The number of nitrogens with one attached hydrogen (secondary N) is 3. The highest BCUT2D eigenvalue weighted by molar-refractivity contribution is 7.88. The van der Waals surface area contributed by atoms with Crippen molar-refractivity contribution in [3.05, 3.63) is 81.1 Å². The molecule has 0 fully saturated rings. The molecule has 0 aliphatic carbocycles. The summed E-state index contributed by atoms with van der Waals surface area (Å²) in [7, 11) is -3.00. The van der Waals surface area contributed by atoms with Crippen LogP contribution in [0.4, 0.5) is 0 Å². The molecule has 2 aromatic heterocycles. The molecule has 0 amide bonds. The van der Waals surface area contributed by atoms with Gasteiger partial charge in [-0.3, -0.25) is 9.59 Å². The van der Waals surface area contributed by atoms with E-state index in [9.17, 15) is 18.0 Å². The number of rotatable bonds is 7. The van der Waals surface area contributed by atoms with Crippen LogP contribution in [-0.2, 0) is 10.0 Å². The SMILES string of the molecule is CCN(CC)CCCNS(C)(=O)=O.O=c1c2ccccc2[nH]c2cc3c(=O)c4ccccc4[nH]c3cc12. The number of para-hydroxylation sites is 2. The first-order valence-electron chi connectivity index (χ1n) is 12.4. The van der Waals surface area contributed by atoms with E-state index >= 15 is 0 Å². The molecule has 0 aliphatic rings. The number of hydrogen-bond donors (Lipinski definition) is 3. The lowest BCUT2D eigenvalue weighted by Crippen LogP contribution is -2.29. The van der Waals surface area contributed by atoms with E-state index in [0.29, 0.717) is 39.1 Å². The van der Waals surface area contributed by atoms with Gasteiger partial charge >= 0.3 is 0 Å². The number of pyridine rings is 2. The number of hydrogen-bond acceptors (Lipinski definition) is 5. The van der Waals surface area contributed by atoms with Gasteiger partial charge in [0.2, 0.25) is 10.0 Å². The maximum absolute atomic E-state index is 12.8. The van der Waals surface area contributed by atoms with Crippen LogP contribution in [0, 0.1) is 0 Å². The van der Waals surface area contributed by atoms with E-state index in [1.54, 1.807) is 24.3 Å². The fourth-order valence-corrected chi connectivity index (χ4v) is 4.96. The van der Waals surface area contributed by atoms with Crippen LogP contribution in [0.2, 0.25) is 0 Å². The van der Waals surface area contributed by atoms with E-state index in [0.717, 1.165) is 37.1 Å². The number of nitrogens with zero attached hydrogens (tertiary/aromatic N) is 1. The largest absolute Gasteiger partial charge is 0.354 e. The second-order valence-corrected chi connectivity index (χ2v) is 10.8. The quantitative estimate of drug-likeness (QED) is 0.222. The average molecular weight is 521 g/mol. The van der Waals surface area contributed by atoms with E-state index in [4.69, 9.17) is 0 Å². The van der Waals surface area contributed by atoms with Gasteiger partial charge in [0.05, 0.1) is 17.3 Å². The topological polar surface area (TPSA) is 115 Å². The van der Waals surface area contributed by atoms with Crippen molar-refractivity contribution in [3.63, 3.8) is 0 Å². The van der Waals surface area contributed by atoms with Crippen LogP contribution in [0.3, 0.4) is 0 Å². The number of fused-ring (bicyclic) bond motifs is 4. The summed E-state index contributed by atoms with van der Waals surface area (Å²) in [4.78, 5) is 34.3. The van der Waals surface area contributed by atoms with Crippen LogP contribution in [-0.4, -0.2) is 55.7 Å². The van der Waals surface area contributed by atoms with E-state index in [2.05, 4.69) is 33.4 Å². The highest BCUT2D eigenvalue weighted by atomic mass is 32.2. The van der Waals surface area contributed by atoms with Crippen molar-refractivity contribution in [2.24, 2.45) is 0 Å². The van der Waals surface area contributed by atoms with Gasteiger partial charge in [-0.05, 0) is 62.5 Å². The summed E-state index contributed by atoms with van der Waals surface area (Å²) < 4.78 is 23.9. The summed E-state index contributed by atoms with van der Waals surface area (Å²) in [5, 5.41) is 2.44. The predicted molar refractivity (Wildman–Crippen MR) is 153 cm³/mol. The Morgan fingerprint density at radius 1 is 0.730 bits per heavy atom. The summed E-state index contributed by atoms with van der Waals surface area (Å²) >= 11 is 0. The molecule has 9 heteroatoms. The van der Waals surface area contributed by atoms with Gasteiger partial charge in [0.25, 0.3) is 0 Å². The molecule has 0 saturated heterocycles. The van der Waals surface area contributed by atoms with Crippen molar-refractivity contribution in [1.29, 1.82) is 0 Å². The molecule has 8 nitrogen and oxygen atoms in total. The van der Waals surface area contributed by atoms with Gasteiger partial charge < -0.3 is 14.9 Å². The Morgan fingerprint density at radius 2 is 1.19 bits per heavy atom. The smallest absolute Gasteiger partial charge is 0.208 e. The Labute approximate surface area is 215 Å². The molecule has 0 unspecified atom stereocenters. The van der Waals surface area contributed by atoms with Gasteiger partial charge in [0.15, 0.2) is 10.9 Å². The van der Waals surface area contributed by atoms with Crippen molar-refractivity contribution in [3.8, 4) is 0 Å². The minimum Gasteiger partial charge on any atom is -0.354 e. The molecule has 3 N–H and O–H groups in total. The van der Waals surface area contributed by atoms with Gasteiger partial charge in [-0.1, -0.05) is 38.1 Å². The van der Waals surface area contributed by atoms with Crippen LogP contribution < -0.4 is 15.6 Å². The second kappa shape index (κ2) is 11.2. The first-order valence-corrected chi connectivity index (χ1v) is 14.3. The van der Waals surface area contributed by atoms with Crippen LogP contribution in [0.15, 0.2) is 70.3 Å². The number of aromatic amines is 2. The number of H-pyrrole nitrogens is 2. The van der Waals surface area contributed by atoms with Gasteiger partial charge in [-0.15, -0.1) is 0 Å². The lowest BCUT2D eigenvalue weighted by Gasteiger charge is -2.17. The highest BCUT2D eigenvalue weighted by Crippen LogP contribution is 2.21. The summed E-state index contributed by atoms with van der Waals surface area (Å²) in [5.74, 6) is 0. The van der Waals surface area contributed by atoms with Gasteiger partial charge in [-0.2, -0.15) is 0 Å². The summed E-state index contributed by atoms with van der Waals surface area (Å²) in [6.45, 7) is 7.75. The Kier molecular flexibility index (Phi) is 8.06. The summed E-state index contributed by atoms with van der Waals surface area (Å²) in [6.07, 6.45) is 2.05. The highest BCUT2D eigenvalue weighted by Gasteiger charge is 2.10. The number of sulfonamides is 1. The maximum atomic E-state index is 12.8. The predicted octanol–water partition coefficient (Wildman–Crippen LogP) is 3.94. The van der Waals surface area contributed by atoms with Gasteiger partial charge in [-0.25, -0.2) is 13.1 Å². The minimum absolute atomic E-state index is 0.0322. The van der Waals surface area contributed by atoms with Crippen molar-refractivity contribution in [1.82, 2.24) is 19.6 Å². The monoisotopic (exact) mass is 520 g/mol. The molecule has 0 saturated carbocycles. The normalized spacial score (nSPS) is 11.9. The van der Waals surface area contributed by atoms with Crippen LogP contribution in [0.5, 0.6) is 0 Å². The second-order valence-electron chi connectivity index (χ2n) is 8.99. The molecular weight excluding hydrogens is 488 g/mol. The van der Waals surface area contributed by atoms with Crippen molar-refractivity contribution in [2.75, 3.05) is 32.4 Å². The lowest BCUT2D eigenvalue weighted by atomic mass is 10.1. The molecule has 0 aliphatic heterocycles. The molecule has 3 aromatic carbocycles. The zero-order chi connectivity index (χ0) is 26.6.